The molecule has 0 saturated heterocycles. The van der Waals surface area contributed by atoms with Gasteiger partial charge in [-0.05, 0) is 52.0 Å². The molecule has 5 aromatic rings. The van der Waals surface area contributed by atoms with Crippen molar-refractivity contribution >= 4 is 51.6 Å². The summed E-state index contributed by atoms with van der Waals surface area (Å²) in [6.45, 7) is 0. The predicted octanol–water partition coefficient (Wildman–Crippen LogP) is 6.45. The lowest BCUT2D eigenvalue weighted by Gasteiger charge is -2.08. The van der Waals surface area contributed by atoms with E-state index < -0.39 is 0 Å². The Morgan fingerprint density at radius 1 is 0.897 bits per heavy atom. The summed E-state index contributed by atoms with van der Waals surface area (Å²) in [5.41, 5.74) is 1.88. The molecular weight excluding hydrogens is 400 g/mol. The number of halogens is 1. The first-order chi connectivity index (χ1) is 14.2. The van der Waals surface area contributed by atoms with Crippen molar-refractivity contribution in [1.29, 1.82) is 0 Å². The van der Waals surface area contributed by atoms with Crippen LogP contribution >= 0.6 is 23.8 Å². The predicted molar refractivity (Wildman–Crippen MR) is 122 cm³/mol. The maximum Gasteiger partial charge on any atom is 0.216 e. The maximum absolute atomic E-state index is 6.15. The summed E-state index contributed by atoms with van der Waals surface area (Å²) in [5.74, 6) is 0.610. The van der Waals surface area contributed by atoms with Crippen molar-refractivity contribution in [2.45, 2.75) is 0 Å². The van der Waals surface area contributed by atoms with Gasteiger partial charge < -0.3 is 0 Å². The van der Waals surface area contributed by atoms with E-state index >= 15 is 0 Å². The molecule has 6 heteroatoms. The minimum atomic E-state index is 0.417. The molecule has 140 valence electrons. The molecule has 0 aliphatic carbocycles. The molecule has 1 N–H and O–H groups in total. The van der Waals surface area contributed by atoms with Crippen LogP contribution in [0.25, 0.3) is 32.9 Å². The SMILES string of the molecule is S=c1[nH]nc(-c2cccc(Cl)c2)n1N=Cc1c2ccccc2cc2ccccc12. The van der Waals surface area contributed by atoms with Crippen molar-refractivity contribution in [2.24, 2.45) is 5.10 Å². The van der Waals surface area contributed by atoms with Gasteiger partial charge in [-0.1, -0.05) is 72.3 Å². The number of fused-ring (bicyclic) bond motifs is 2. The molecule has 1 heterocycles. The number of rotatable bonds is 3. The summed E-state index contributed by atoms with van der Waals surface area (Å²) >= 11 is 11.6. The van der Waals surface area contributed by atoms with Crippen LogP contribution in [0.1, 0.15) is 5.56 Å². The van der Waals surface area contributed by atoms with Crippen LogP contribution in [0, 0.1) is 4.77 Å². The van der Waals surface area contributed by atoms with Crippen LogP contribution in [0.3, 0.4) is 0 Å². The first-order valence-corrected chi connectivity index (χ1v) is 9.87. The fourth-order valence-corrected chi connectivity index (χ4v) is 3.89. The molecule has 0 atom stereocenters. The second-order valence-corrected chi connectivity index (χ2v) is 7.47. The topological polar surface area (TPSA) is 46.0 Å². The Kier molecular flexibility index (Phi) is 4.46. The zero-order valence-electron chi connectivity index (χ0n) is 15.2. The van der Waals surface area contributed by atoms with Crippen molar-refractivity contribution in [1.82, 2.24) is 14.9 Å². The molecule has 0 saturated carbocycles. The summed E-state index contributed by atoms with van der Waals surface area (Å²) in [5, 5.41) is 17.1. The van der Waals surface area contributed by atoms with Gasteiger partial charge in [0.05, 0.1) is 6.21 Å². The Morgan fingerprint density at radius 2 is 1.59 bits per heavy atom. The van der Waals surface area contributed by atoms with Gasteiger partial charge in [-0.2, -0.15) is 14.9 Å². The molecule has 0 spiro atoms. The third kappa shape index (κ3) is 3.24. The molecule has 0 bridgehead atoms. The first-order valence-electron chi connectivity index (χ1n) is 9.09. The molecule has 29 heavy (non-hydrogen) atoms. The van der Waals surface area contributed by atoms with Gasteiger partial charge in [-0.3, -0.25) is 0 Å². The van der Waals surface area contributed by atoms with E-state index in [0.29, 0.717) is 15.6 Å². The number of hydrogen-bond donors (Lipinski definition) is 1. The van der Waals surface area contributed by atoms with Gasteiger partial charge in [0.25, 0.3) is 0 Å². The van der Waals surface area contributed by atoms with E-state index in [1.807, 2.05) is 54.7 Å². The smallest absolute Gasteiger partial charge is 0.216 e. The second-order valence-electron chi connectivity index (χ2n) is 6.65. The molecule has 0 fully saturated rings. The molecule has 1 aromatic heterocycles. The third-order valence-electron chi connectivity index (χ3n) is 4.85. The minimum absolute atomic E-state index is 0.417. The van der Waals surface area contributed by atoms with Crippen LogP contribution in [-0.2, 0) is 0 Å². The van der Waals surface area contributed by atoms with Crippen LogP contribution < -0.4 is 0 Å². The highest BCUT2D eigenvalue weighted by atomic mass is 35.5. The molecule has 0 radical (unpaired) electrons. The number of nitrogens with one attached hydrogen (secondary N) is 1. The zero-order chi connectivity index (χ0) is 19.8. The van der Waals surface area contributed by atoms with Crippen LogP contribution in [0.15, 0.2) is 84.0 Å². The fraction of sp³-hybridized carbons (Fsp3) is 0. The normalized spacial score (nSPS) is 11.6. The Bertz CT molecular complexity index is 1390. The summed E-state index contributed by atoms with van der Waals surface area (Å²) in [6, 6.07) is 26.3. The summed E-state index contributed by atoms with van der Waals surface area (Å²) in [7, 11) is 0. The van der Waals surface area contributed by atoms with Crippen molar-refractivity contribution in [3.63, 3.8) is 0 Å². The van der Waals surface area contributed by atoms with Gasteiger partial charge >= 0.3 is 0 Å². The number of aromatic nitrogens is 3. The third-order valence-corrected chi connectivity index (χ3v) is 5.35. The Labute approximate surface area is 177 Å². The maximum atomic E-state index is 6.15. The summed E-state index contributed by atoms with van der Waals surface area (Å²) in [4.78, 5) is 0. The Hall–Kier alpha value is -3.28. The molecule has 0 amide bonds. The second kappa shape index (κ2) is 7.28. The van der Waals surface area contributed by atoms with Crippen molar-refractivity contribution in [3.8, 4) is 11.4 Å². The monoisotopic (exact) mass is 414 g/mol. The number of H-pyrrole nitrogens is 1. The quantitative estimate of drug-likeness (QED) is 0.209. The Morgan fingerprint density at radius 3 is 2.28 bits per heavy atom. The summed E-state index contributed by atoms with van der Waals surface area (Å²) in [6.07, 6.45) is 1.85. The van der Waals surface area contributed by atoms with E-state index in [2.05, 4.69) is 40.5 Å². The first kappa shape index (κ1) is 17.8. The molecule has 4 nitrogen and oxygen atoms in total. The van der Waals surface area contributed by atoms with Crippen molar-refractivity contribution in [2.75, 3.05) is 0 Å². The van der Waals surface area contributed by atoms with E-state index in [9.17, 15) is 0 Å². The largest absolute Gasteiger partial charge is 0.250 e. The van der Waals surface area contributed by atoms with Crippen LogP contribution in [0.4, 0.5) is 0 Å². The standard InChI is InChI=1S/C23H15ClN4S/c24-18-9-5-8-17(13-18)22-26-27-23(29)28(22)25-14-21-19-10-3-1-6-15(19)12-16-7-2-4-11-20(16)21/h1-14H,(H,27,29). The highest BCUT2D eigenvalue weighted by Gasteiger charge is 2.10. The lowest BCUT2D eigenvalue weighted by molar-refractivity contribution is 0.872. The van der Waals surface area contributed by atoms with Crippen LogP contribution in [0.2, 0.25) is 5.02 Å². The van der Waals surface area contributed by atoms with E-state index in [-0.39, 0.29) is 0 Å². The fourth-order valence-electron chi connectivity index (χ4n) is 3.52. The molecule has 0 aliphatic rings. The molecule has 4 aromatic carbocycles. The molecule has 0 aliphatic heterocycles. The van der Waals surface area contributed by atoms with Crippen molar-refractivity contribution < 1.29 is 0 Å². The number of hydrogen-bond acceptors (Lipinski definition) is 3. The Balaban J connectivity index is 1.71. The average molecular weight is 415 g/mol. The average Bonchev–Trinajstić information content (AvgIpc) is 3.11. The summed E-state index contributed by atoms with van der Waals surface area (Å²) < 4.78 is 2.04. The minimum Gasteiger partial charge on any atom is -0.250 e. The highest BCUT2D eigenvalue weighted by molar-refractivity contribution is 7.71. The highest BCUT2D eigenvalue weighted by Crippen LogP contribution is 2.27. The van der Waals surface area contributed by atoms with Gasteiger partial charge in [0.1, 0.15) is 0 Å². The van der Waals surface area contributed by atoms with E-state index in [1.54, 1.807) is 4.68 Å². The van der Waals surface area contributed by atoms with Gasteiger partial charge in [-0.15, -0.1) is 0 Å². The molecular formula is C23H15ClN4S. The van der Waals surface area contributed by atoms with E-state index in [1.165, 1.54) is 10.8 Å². The van der Waals surface area contributed by atoms with Crippen molar-refractivity contribution in [3.05, 3.63) is 94.2 Å². The van der Waals surface area contributed by atoms with Gasteiger partial charge in [0.15, 0.2) is 5.82 Å². The van der Waals surface area contributed by atoms with E-state index in [4.69, 9.17) is 28.9 Å². The lowest BCUT2D eigenvalue weighted by Crippen LogP contribution is -1.96. The molecule has 0 unspecified atom stereocenters. The van der Waals surface area contributed by atoms with Gasteiger partial charge in [0.2, 0.25) is 4.77 Å². The van der Waals surface area contributed by atoms with Crippen LogP contribution in [0.5, 0.6) is 0 Å². The lowest BCUT2D eigenvalue weighted by atomic mass is 9.97. The van der Waals surface area contributed by atoms with Crippen LogP contribution in [-0.4, -0.2) is 21.1 Å². The number of nitrogens with zero attached hydrogens (tertiary/aromatic N) is 3. The number of benzene rings is 4. The van der Waals surface area contributed by atoms with Gasteiger partial charge in [0, 0.05) is 16.1 Å². The zero-order valence-corrected chi connectivity index (χ0v) is 16.8. The molecule has 5 rings (SSSR count). The van der Waals surface area contributed by atoms with E-state index in [0.717, 1.165) is 21.9 Å². The number of aromatic amines is 1. The van der Waals surface area contributed by atoms with Gasteiger partial charge in [-0.25, -0.2) is 5.10 Å².